The predicted octanol–water partition coefficient (Wildman–Crippen LogP) is 3.63. The molecule has 0 radical (unpaired) electrons. The van der Waals surface area contributed by atoms with Crippen LogP contribution in [-0.2, 0) is 4.74 Å². The first-order valence-corrected chi connectivity index (χ1v) is 5.23. The van der Waals surface area contributed by atoms with Crippen LogP contribution in [0.15, 0.2) is 29.4 Å². The lowest BCUT2D eigenvalue weighted by molar-refractivity contribution is 0.0606. The van der Waals surface area contributed by atoms with Crippen LogP contribution in [0.1, 0.15) is 9.67 Å². The van der Waals surface area contributed by atoms with Gasteiger partial charge in [0.2, 0.25) is 0 Å². The summed E-state index contributed by atoms with van der Waals surface area (Å²) >= 11 is 1.31. The van der Waals surface area contributed by atoms with Crippen molar-refractivity contribution in [1.82, 2.24) is 0 Å². The SMILES string of the molecule is COC(=O)c1cc2ccc(N=[N+]=[N-])cc2s1. The molecule has 1 heterocycles. The number of benzene rings is 1. The van der Waals surface area contributed by atoms with Crippen LogP contribution in [0.4, 0.5) is 5.69 Å². The van der Waals surface area contributed by atoms with Crippen molar-refractivity contribution in [3.8, 4) is 0 Å². The molecule has 0 spiro atoms. The van der Waals surface area contributed by atoms with Gasteiger partial charge in [-0.15, -0.1) is 11.3 Å². The smallest absolute Gasteiger partial charge is 0.348 e. The molecule has 0 amide bonds. The number of azide groups is 1. The highest BCUT2D eigenvalue weighted by molar-refractivity contribution is 7.20. The standard InChI is InChI=1S/C10H7N3O2S/c1-15-10(14)9-4-6-2-3-7(12-13-11)5-8(6)16-9/h2-5H,1H3. The van der Waals surface area contributed by atoms with Crippen LogP contribution in [-0.4, -0.2) is 13.1 Å². The Balaban J connectivity index is 2.53. The molecule has 0 aliphatic carbocycles. The normalized spacial score (nSPS) is 9.81. The number of carbonyl (C=O) groups excluding carboxylic acids is 1. The molecule has 16 heavy (non-hydrogen) atoms. The van der Waals surface area contributed by atoms with Crippen LogP contribution in [0.25, 0.3) is 20.5 Å². The number of nitrogens with zero attached hydrogens (tertiary/aromatic N) is 3. The minimum Gasteiger partial charge on any atom is -0.465 e. The third-order valence-electron chi connectivity index (χ3n) is 2.05. The first-order chi connectivity index (χ1) is 7.74. The Kier molecular flexibility index (Phi) is 2.76. The molecular formula is C10H7N3O2S. The Bertz CT molecular complexity index is 599. The molecule has 0 atom stereocenters. The van der Waals surface area contributed by atoms with Crippen molar-refractivity contribution < 1.29 is 9.53 Å². The summed E-state index contributed by atoms with van der Waals surface area (Å²) in [5.41, 5.74) is 8.85. The molecule has 80 valence electrons. The molecule has 2 aromatic rings. The molecule has 1 aromatic heterocycles. The van der Waals surface area contributed by atoms with Crippen LogP contribution in [0.3, 0.4) is 0 Å². The van der Waals surface area contributed by atoms with Crippen LogP contribution >= 0.6 is 11.3 Å². The van der Waals surface area contributed by atoms with E-state index in [4.69, 9.17) is 5.53 Å². The van der Waals surface area contributed by atoms with Crippen molar-refractivity contribution in [2.45, 2.75) is 0 Å². The number of methoxy groups -OCH3 is 1. The van der Waals surface area contributed by atoms with E-state index in [9.17, 15) is 4.79 Å². The topological polar surface area (TPSA) is 75.1 Å². The van der Waals surface area contributed by atoms with Crippen molar-refractivity contribution in [1.29, 1.82) is 0 Å². The zero-order chi connectivity index (χ0) is 11.5. The van der Waals surface area contributed by atoms with Crippen molar-refractivity contribution in [2.75, 3.05) is 7.11 Å². The Labute approximate surface area is 94.9 Å². The van der Waals surface area contributed by atoms with Gasteiger partial charge in [-0.25, -0.2) is 4.79 Å². The van der Waals surface area contributed by atoms with E-state index in [0.29, 0.717) is 10.6 Å². The van der Waals surface area contributed by atoms with E-state index >= 15 is 0 Å². The number of thiophene rings is 1. The number of carbonyl (C=O) groups is 1. The maximum atomic E-state index is 11.3. The maximum absolute atomic E-state index is 11.3. The van der Waals surface area contributed by atoms with Gasteiger partial charge in [-0.3, -0.25) is 0 Å². The summed E-state index contributed by atoms with van der Waals surface area (Å²) < 4.78 is 5.53. The highest BCUT2D eigenvalue weighted by Crippen LogP contribution is 2.29. The molecule has 0 N–H and O–H groups in total. The van der Waals surface area contributed by atoms with Crippen LogP contribution in [0, 0.1) is 0 Å². The molecule has 0 bridgehead atoms. The fourth-order valence-electron chi connectivity index (χ4n) is 1.33. The molecule has 0 fully saturated rings. The Morgan fingerprint density at radius 3 is 3.00 bits per heavy atom. The molecule has 0 saturated heterocycles. The van der Waals surface area contributed by atoms with E-state index in [1.165, 1.54) is 18.4 Å². The van der Waals surface area contributed by atoms with Crippen molar-refractivity contribution >= 4 is 33.1 Å². The van der Waals surface area contributed by atoms with Gasteiger partial charge < -0.3 is 4.74 Å². The molecule has 2 rings (SSSR count). The maximum Gasteiger partial charge on any atom is 0.348 e. The Morgan fingerprint density at radius 2 is 2.31 bits per heavy atom. The van der Waals surface area contributed by atoms with Crippen molar-refractivity contribution in [3.05, 3.63) is 39.6 Å². The van der Waals surface area contributed by atoms with E-state index in [1.807, 2.05) is 6.07 Å². The minimum absolute atomic E-state index is 0.355. The highest BCUT2D eigenvalue weighted by Gasteiger charge is 2.09. The van der Waals surface area contributed by atoms with E-state index in [1.54, 1.807) is 18.2 Å². The van der Waals surface area contributed by atoms with Gasteiger partial charge in [-0.1, -0.05) is 17.2 Å². The lowest BCUT2D eigenvalue weighted by Crippen LogP contribution is -1.96. The summed E-state index contributed by atoms with van der Waals surface area (Å²) in [5.74, 6) is -0.355. The highest BCUT2D eigenvalue weighted by atomic mass is 32.1. The van der Waals surface area contributed by atoms with E-state index < -0.39 is 0 Å². The summed E-state index contributed by atoms with van der Waals surface area (Å²) in [7, 11) is 1.35. The van der Waals surface area contributed by atoms with E-state index in [2.05, 4.69) is 14.8 Å². The first-order valence-electron chi connectivity index (χ1n) is 4.41. The fraction of sp³-hybridized carbons (Fsp3) is 0.100. The lowest BCUT2D eigenvalue weighted by atomic mass is 10.2. The largest absolute Gasteiger partial charge is 0.465 e. The summed E-state index contributed by atoms with van der Waals surface area (Å²) in [6, 6.07) is 7.01. The molecule has 0 aliphatic heterocycles. The third-order valence-corrected chi connectivity index (χ3v) is 3.13. The predicted molar refractivity (Wildman–Crippen MR) is 62.0 cm³/mol. The summed E-state index contributed by atoms with van der Waals surface area (Å²) in [6.45, 7) is 0. The van der Waals surface area contributed by atoms with E-state index in [0.717, 1.165) is 10.1 Å². The molecule has 5 nitrogen and oxygen atoms in total. The second-order valence-electron chi connectivity index (χ2n) is 3.01. The van der Waals surface area contributed by atoms with Gasteiger partial charge in [0, 0.05) is 15.3 Å². The van der Waals surface area contributed by atoms with E-state index in [-0.39, 0.29) is 5.97 Å². The van der Waals surface area contributed by atoms with Gasteiger partial charge >= 0.3 is 5.97 Å². The van der Waals surface area contributed by atoms with Gasteiger partial charge in [0.25, 0.3) is 0 Å². The zero-order valence-electron chi connectivity index (χ0n) is 8.38. The molecule has 0 unspecified atom stereocenters. The first kappa shape index (κ1) is 10.5. The quantitative estimate of drug-likeness (QED) is 0.343. The van der Waals surface area contributed by atoms with Gasteiger partial charge in [-0.2, -0.15) is 0 Å². The number of hydrogen-bond donors (Lipinski definition) is 0. The molecule has 0 aliphatic rings. The Hall–Kier alpha value is -2.04. The summed E-state index contributed by atoms with van der Waals surface area (Å²) in [4.78, 5) is 14.5. The average Bonchev–Trinajstić information content (AvgIpc) is 2.71. The number of hydrogen-bond acceptors (Lipinski definition) is 4. The lowest BCUT2D eigenvalue weighted by Gasteiger charge is -1.90. The van der Waals surface area contributed by atoms with Crippen LogP contribution < -0.4 is 0 Å². The van der Waals surface area contributed by atoms with Gasteiger partial charge in [0.05, 0.1) is 7.11 Å². The number of ether oxygens (including phenoxy) is 1. The molecular weight excluding hydrogens is 226 g/mol. The van der Waals surface area contributed by atoms with Crippen molar-refractivity contribution in [2.24, 2.45) is 5.11 Å². The second kappa shape index (κ2) is 4.22. The number of rotatable bonds is 2. The fourth-order valence-corrected chi connectivity index (χ4v) is 2.35. The van der Waals surface area contributed by atoms with Gasteiger partial charge in [0.15, 0.2) is 0 Å². The number of esters is 1. The number of fused-ring (bicyclic) bond motifs is 1. The third kappa shape index (κ3) is 1.84. The second-order valence-corrected chi connectivity index (χ2v) is 4.10. The van der Waals surface area contributed by atoms with Gasteiger partial charge in [-0.05, 0) is 23.1 Å². The Morgan fingerprint density at radius 1 is 1.50 bits per heavy atom. The van der Waals surface area contributed by atoms with Crippen molar-refractivity contribution in [3.63, 3.8) is 0 Å². The molecule has 6 heteroatoms. The average molecular weight is 233 g/mol. The molecule has 1 aromatic carbocycles. The molecule has 0 saturated carbocycles. The van der Waals surface area contributed by atoms with Crippen LogP contribution in [0.5, 0.6) is 0 Å². The summed E-state index contributed by atoms with van der Waals surface area (Å²) in [5, 5.41) is 4.43. The van der Waals surface area contributed by atoms with Crippen LogP contribution in [0.2, 0.25) is 0 Å². The monoisotopic (exact) mass is 233 g/mol. The summed E-state index contributed by atoms with van der Waals surface area (Å²) in [6.07, 6.45) is 0. The minimum atomic E-state index is -0.355. The zero-order valence-corrected chi connectivity index (χ0v) is 9.19. The van der Waals surface area contributed by atoms with Gasteiger partial charge in [0.1, 0.15) is 4.88 Å².